The maximum atomic E-state index is 14.3. The van der Waals surface area contributed by atoms with Gasteiger partial charge in [-0.2, -0.15) is 4.98 Å². The number of carbonyl (C=O) groups is 2. The van der Waals surface area contributed by atoms with Crippen LogP contribution in [0.15, 0.2) is 78.4 Å². The van der Waals surface area contributed by atoms with Crippen LogP contribution in [-0.2, 0) is 14.1 Å². The van der Waals surface area contributed by atoms with Gasteiger partial charge in [0.1, 0.15) is 23.5 Å². The van der Waals surface area contributed by atoms with E-state index in [2.05, 4.69) is 53.6 Å². The van der Waals surface area contributed by atoms with Crippen molar-refractivity contribution in [2.75, 3.05) is 75.2 Å². The predicted octanol–water partition coefficient (Wildman–Crippen LogP) is 10.6. The van der Waals surface area contributed by atoms with Gasteiger partial charge in [0.2, 0.25) is 11.9 Å². The molecule has 0 saturated carbocycles. The lowest BCUT2D eigenvalue weighted by molar-refractivity contribution is -0.135. The average Bonchev–Trinajstić information content (AvgIpc) is 3.71. The number of piperidine rings is 1. The molecule has 14 nitrogen and oxygen atoms in total. The molecule has 0 bridgehead atoms. The molecule has 17 heteroatoms. The van der Waals surface area contributed by atoms with Crippen LogP contribution in [0.3, 0.4) is 0 Å². The molecule has 2 fully saturated rings. The quantitative estimate of drug-likeness (QED) is 0.108. The minimum absolute atomic E-state index is 0.0260. The molecule has 3 aromatic carbocycles. The lowest BCUT2D eigenvalue weighted by atomic mass is 9.94. The van der Waals surface area contributed by atoms with E-state index in [1.807, 2.05) is 107 Å². The third-order valence-corrected chi connectivity index (χ3v) is 15.0. The molecule has 7 rings (SSSR count). The number of halogens is 1. The summed E-state index contributed by atoms with van der Waals surface area (Å²) in [6.07, 6.45) is 3.22. The van der Waals surface area contributed by atoms with Crippen LogP contribution in [0.5, 0.6) is 5.75 Å². The summed E-state index contributed by atoms with van der Waals surface area (Å²) in [6, 6.07) is 21.6. The molecule has 358 valence electrons. The first-order valence-corrected chi connectivity index (χ1v) is 26.7. The number of methoxy groups -OCH3 is 1. The Labute approximate surface area is 404 Å². The molecule has 0 spiro atoms. The number of ether oxygens (including phenoxy) is 2. The second-order valence-corrected chi connectivity index (χ2v) is 24.1. The molecular formula is C50H65ClN9O5PS. The highest BCUT2D eigenvalue weighted by Crippen LogP contribution is 2.40. The molecule has 0 unspecified atom stereocenters. The van der Waals surface area contributed by atoms with Crippen LogP contribution in [-0.4, -0.2) is 119 Å². The van der Waals surface area contributed by atoms with Crippen molar-refractivity contribution in [2.45, 2.75) is 91.0 Å². The summed E-state index contributed by atoms with van der Waals surface area (Å²) in [6.45, 7) is 21.6. The third-order valence-electron chi connectivity index (χ3n) is 12.2. The van der Waals surface area contributed by atoms with Gasteiger partial charge in [-0.05, 0) is 110 Å². The number of rotatable bonds is 13. The van der Waals surface area contributed by atoms with Crippen molar-refractivity contribution in [3.8, 4) is 16.2 Å². The molecule has 2 N–H and O–H groups in total. The number of nitrogens with one attached hydrogen (secondary N) is 2. The van der Waals surface area contributed by atoms with E-state index in [1.54, 1.807) is 36.7 Å². The van der Waals surface area contributed by atoms with E-state index in [9.17, 15) is 14.2 Å². The zero-order valence-electron chi connectivity index (χ0n) is 40.4. The monoisotopic (exact) mass is 969 g/mol. The van der Waals surface area contributed by atoms with Crippen molar-refractivity contribution in [2.24, 2.45) is 0 Å². The summed E-state index contributed by atoms with van der Waals surface area (Å²) in [4.78, 5) is 51.5. The highest BCUT2D eigenvalue weighted by molar-refractivity contribution is 7.70. The second kappa shape index (κ2) is 20.6. The number of hydrogen-bond donors (Lipinski definition) is 2. The number of aromatic nitrogens is 3. The molecule has 2 aliphatic rings. The van der Waals surface area contributed by atoms with Crippen LogP contribution in [0.1, 0.15) is 78.1 Å². The SMILES string of the molecule is COc1cc(N2CCC(N3CCN(C(=O)C[C@@H](c4ccc(-c5scnc5C)cc4)N(C(=O)OC(C)(C)C)C(C)(C)C)CC3)CC2)ccc1Nc1ncc(Cl)c(Nc2ccccc2P(C)(C)=O)n1. The number of benzene rings is 3. The molecular weight excluding hydrogens is 905 g/mol. The van der Waals surface area contributed by atoms with Crippen LogP contribution in [0, 0.1) is 6.92 Å². The van der Waals surface area contributed by atoms with Crippen LogP contribution in [0.2, 0.25) is 5.02 Å². The summed E-state index contributed by atoms with van der Waals surface area (Å²) in [5.74, 6) is 1.40. The predicted molar refractivity (Wildman–Crippen MR) is 273 cm³/mol. The van der Waals surface area contributed by atoms with Gasteiger partial charge < -0.3 is 34.5 Å². The normalized spacial score (nSPS) is 15.8. The number of thiazole rings is 1. The van der Waals surface area contributed by atoms with E-state index in [0.717, 1.165) is 66.4 Å². The molecule has 2 amide bonds. The van der Waals surface area contributed by atoms with Gasteiger partial charge in [-0.15, -0.1) is 11.3 Å². The Bertz CT molecular complexity index is 2580. The molecule has 1 atom stereocenters. The first-order chi connectivity index (χ1) is 31.7. The Morgan fingerprint density at radius 3 is 2.21 bits per heavy atom. The summed E-state index contributed by atoms with van der Waals surface area (Å²) < 4.78 is 24.8. The van der Waals surface area contributed by atoms with Crippen molar-refractivity contribution in [3.05, 3.63) is 94.7 Å². The zero-order chi connectivity index (χ0) is 48.3. The van der Waals surface area contributed by atoms with Crippen molar-refractivity contribution >= 4 is 76.2 Å². The zero-order valence-corrected chi connectivity index (χ0v) is 42.9. The number of aryl methyl sites for hydroxylation is 1. The second-order valence-electron chi connectivity index (χ2n) is 19.7. The van der Waals surface area contributed by atoms with Crippen molar-refractivity contribution < 1.29 is 23.6 Å². The maximum absolute atomic E-state index is 14.3. The molecule has 0 aliphatic carbocycles. The lowest BCUT2D eigenvalue weighted by Gasteiger charge is -2.44. The van der Waals surface area contributed by atoms with Crippen molar-refractivity contribution in [1.82, 2.24) is 29.7 Å². The van der Waals surface area contributed by atoms with Gasteiger partial charge >= 0.3 is 6.09 Å². The Morgan fingerprint density at radius 2 is 1.60 bits per heavy atom. The summed E-state index contributed by atoms with van der Waals surface area (Å²) >= 11 is 8.11. The molecule has 2 aliphatic heterocycles. The fourth-order valence-electron chi connectivity index (χ4n) is 8.89. The Hall–Kier alpha value is -5.21. The highest BCUT2D eigenvalue weighted by Gasteiger charge is 2.39. The number of nitrogens with zero attached hydrogens (tertiary/aromatic N) is 7. The van der Waals surface area contributed by atoms with Gasteiger partial charge in [0.05, 0.1) is 53.2 Å². The van der Waals surface area contributed by atoms with Gasteiger partial charge in [0, 0.05) is 67.9 Å². The molecule has 0 radical (unpaired) electrons. The van der Waals surface area contributed by atoms with Crippen LogP contribution in [0.4, 0.5) is 33.6 Å². The fraction of sp³-hybridized carbons (Fsp3) is 0.460. The van der Waals surface area contributed by atoms with Crippen molar-refractivity contribution in [3.63, 3.8) is 0 Å². The van der Waals surface area contributed by atoms with E-state index < -0.39 is 30.4 Å². The van der Waals surface area contributed by atoms with E-state index in [4.69, 9.17) is 21.1 Å². The number of carbonyl (C=O) groups excluding carboxylic acids is 2. The van der Waals surface area contributed by atoms with Gasteiger partial charge in [0.15, 0.2) is 5.82 Å². The summed E-state index contributed by atoms with van der Waals surface area (Å²) in [5, 5.41) is 7.58. The van der Waals surface area contributed by atoms with Gasteiger partial charge in [0.25, 0.3) is 0 Å². The number of anilines is 5. The molecule has 67 heavy (non-hydrogen) atoms. The standard InChI is InChI=1S/C50H65ClN9O5PS/c1-33-45(67-32-53-33)35-17-15-34(16-18-35)41(60(49(2,3)4)48(62)65-50(5,6)7)30-44(61)59-27-25-58(26-28-59)36-21-23-57(24-22-36)37-19-20-39(42(29-37)64-8)55-47-52-31-38(51)46(56-47)54-40-13-11-12-14-43(40)66(9,10)63/h11-20,29,31-32,36,41H,21-28,30H2,1-10H3,(H2,52,54,55,56)/t41-/m0/s1. The van der Waals surface area contributed by atoms with Crippen LogP contribution >= 0.6 is 30.1 Å². The average molecular weight is 971 g/mol. The molecule has 5 aromatic rings. The minimum Gasteiger partial charge on any atom is -0.494 e. The molecule has 2 saturated heterocycles. The van der Waals surface area contributed by atoms with E-state index >= 15 is 0 Å². The fourth-order valence-corrected chi connectivity index (χ4v) is 11.0. The van der Waals surface area contributed by atoms with E-state index in [0.29, 0.717) is 58.3 Å². The third kappa shape index (κ3) is 12.3. The largest absolute Gasteiger partial charge is 0.494 e. The van der Waals surface area contributed by atoms with E-state index in [1.165, 1.54) is 6.20 Å². The smallest absolute Gasteiger partial charge is 0.411 e. The Balaban J connectivity index is 0.964. The topological polar surface area (TPSA) is 145 Å². The number of para-hydroxylation sites is 1. The number of piperazine rings is 1. The van der Waals surface area contributed by atoms with Crippen molar-refractivity contribution in [1.29, 1.82) is 0 Å². The maximum Gasteiger partial charge on any atom is 0.411 e. The first kappa shape index (κ1) is 49.7. The van der Waals surface area contributed by atoms with Gasteiger partial charge in [-0.1, -0.05) is 48.0 Å². The molecule has 2 aromatic heterocycles. The molecule has 4 heterocycles. The van der Waals surface area contributed by atoms with E-state index in [-0.39, 0.29) is 12.3 Å². The lowest BCUT2D eigenvalue weighted by Crippen LogP contribution is -2.55. The van der Waals surface area contributed by atoms with Gasteiger partial charge in [-0.3, -0.25) is 14.6 Å². The number of hydrogen-bond acceptors (Lipinski definition) is 13. The van der Waals surface area contributed by atoms with Crippen LogP contribution < -0.4 is 25.6 Å². The summed E-state index contributed by atoms with van der Waals surface area (Å²) in [7, 11) is -0.921. The minimum atomic E-state index is -2.56. The summed E-state index contributed by atoms with van der Waals surface area (Å²) in [5.41, 5.74) is 5.89. The highest BCUT2D eigenvalue weighted by atomic mass is 35.5. The Kier molecular flexibility index (Phi) is 15.3. The Morgan fingerprint density at radius 1 is 0.910 bits per heavy atom. The van der Waals surface area contributed by atoms with Crippen LogP contribution in [0.25, 0.3) is 10.4 Å². The first-order valence-electron chi connectivity index (χ1n) is 22.9. The number of amides is 2. The van der Waals surface area contributed by atoms with Gasteiger partial charge in [-0.25, -0.2) is 14.8 Å².